The SMILES string of the molecule is CCOC(=O)c1ccsc1NC(=O)[C@H]1[C@@H](C(=O)[O-])[C@@H]2C=C[C@@H]1C2. The lowest BCUT2D eigenvalue weighted by Crippen LogP contribution is -2.42. The van der Waals surface area contributed by atoms with Crippen molar-refractivity contribution in [3.63, 3.8) is 0 Å². The molecule has 1 fully saturated rings. The second-order valence-electron chi connectivity index (χ2n) is 5.69. The molecule has 1 heterocycles. The first-order valence-electron chi connectivity index (χ1n) is 7.47. The average molecular weight is 334 g/mol. The van der Waals surface area contributed by atoms with E-state index < -0.39 is 23.8 Å². The minimum Gasteiger partial charge on any atom is -0.550 e. The van der Waals surface area contributed by atoms with Crippen LogP contribution in [-0.2, 0) is 14.3 Å². The Bertz CT molecular complexity index is 680. The van der Waals surface area contributed by atoms with E-state index in [2.05, 4.69) is 5.32 Å². The molecule has 4 atom stereocenters. The third-order valence-corrected chi connectivity index (χ3v) is 5.26. The largest absolute Gasteiger partial charge is 0.550 e. The minimum absolute atomic E-state index is 0.0890. The molecule has 122 valence electrons. The summed E-state index contributed by atoms with van der Waals surface area (Å²) in [4.78, 5) is 35.8. The van der Waals surface area contributed by atoms with Crippen molar-refractivity contribution < 1.29 is 24.2 Å². The lowest BCUT2D eigenvalue weighted by molar-refractivity contribution is -0.313. The summed E-state index contributed by atoms with van der Waals surface area (Å²) in [5.41, 5.74) is 0.286. The van der Waals surface area contributed by atoms with Gasteiger partial charge in [0.2, 0.25) is 5.91 Å². The number of carboxylic acid groups (broad SMARTS) is 1. The maximum Gasteiger partial charge on any atom is 0.341 e. The van der Waals surface area contributed by atoms with Gasteiger partial charge in [-0.25, -0.2) is 4.79 Å². The van der Waals surface area contributed by atoms with E-state index in [4.69, 9.17) is 4.74 Å². The van der Waals surface area contributed by atoms with E-state index in [1.165, 1.54) is 11.3 Å². The summed E-state index contributed by atoms with van der Waals surface area (Å²) in [6.07, 6.45) is 4.41. The van der Waals surface area contributed by atoms with E-state index >= 15 is 0 Å². The summed E-state index contributed by atoms with van der Waals surface area (Å²) in [5.74, 6) is -3.79. The van der Waals surface area contributed by atoms with Gasteiger partial charge in [-0.05, 0) is 36.6 Å². The number of esters is 1. The molecule has 23 heavy (non-hydrogen) atoms. The first-order valence-corrected chi connectivity index (χ1v) is 8.35. The van der Waals surface area contributed by atoms with Crippen LogP contribution in [-0.4, -0.2) is 24.5 Å². The Morgan fingerprint density at radius 3 is 2.65 bits per heavy atom. The second kappa shape index (κ2) is 6.16. The molecule has 2 aliphatic rings. The fraction of sp³-hybridized carbons (Fsp3) is 0.438. The second-order valence-corrected chi connectivity index (χ2v) is 6.61. The molecule has 0 saturated heterocycles. The van der Waals surface area contributed by atoms with Crippen LogP contribution in [0.4, 0.5) is 5.00 Å². The van der Waals surface area contributed by atoms with Crippen molar-refractivity contribution in [2.75, 3.05) is 11.9 Å². The standard InChI is InChI=1S/C16H17NO5S/c1-2-22-16(21)10-5-6-23-14(10)17-13(18)11-8-3-4-9(7-8)12(11)15(19)20/h3-6,8-9,11-12H,2,7H2,1H3,(H,17,18)(H,19,20)/p-1/t8-,9-,11-,12+/m1/s1. The van der Waals surface area contributed by atoms with Gasteiger partial charge < -0.3 is 20.0 Å². The van der Waals surface area contributed by atoms with Gasteiger partial charge in [0.25, 0.3) is 0 Å². The summed E-state index contributed by atoms with van der Waals surface area (Å²) in [7, 11) is 0. The Kier molecular flexibility index (Phi) is 4.21. The van der Waals surface area contributed by atoms with E-state index in [9.17, 15) is 19.5 Å². The number of hydrogen-bond donors (Lipinski definition) is 1. The molecule has 0 unspecified atom stereocenters. The van der Waals surface area contributed by atoms with Crippen molar-refractivity contribution in [3.8, 4) is 0 Å². The number of carbonyl (C=O) groups excluding carboxylic acids is 3. The highest BCUT2D eigenvalue weighted by Gasteiger charge is 2.48. The Balaban J connectivity index is 1.78. The summed E-state index contributed by atoms with van der Waals surface area (Å²) in [6.45, 7) is 1.95. The normalized spacial score (nSPS) is 27.9. The third-order valence-electron chi connectivity index (χ3n) is 4.43. The van der Waals surface area contributed by atoms with Crippen LogP contribution >= 0.6 is 11.3 Å². The molecular weight excluding hydrogens is 318 g/mol. The van der Waals surface area contributed by atoms with Crippen molar-refractivity contribution >= 4 is 34.2 Å². The number of carbonyl (C=O) groups is 3. The van der Waals surface area contributed by atoms with E-state index in [0.29, 0.717) is 11.4 Å². The number of hydrogen-bond acceptors (Lipinski definition) is 6. The summed E-state index contributed by atoms with van der Waals surface area (Å²) >= 11 is 1.21. The number of fused-ring (bicyclic) bond motifs is 2. The molecule has 7 heteroatoms. The van der Waals surface area contributed by atoms with E-state index in [1.54, 1.807) is 18.4 Å². The number of ether oxygens (including phenoxy) is 1. The zero-order valence-corrected chi connectivity index (χ0v) is 13.3. The fourth-order valence-electron chi connectivity index (χ4n) is 3.47. The Labute approximate surface area is 137 Å². The maximum atomic E-state index is 12.6. The van der Waals surface area contributed by atoms with Crippen molar-refractivity contribution in [1.82, 2.24) is 0 Å². The van der Waals surface area contributed by atoms with Crippen LogP contribution in [0.1, 0.15) is 23.7 Å². The molecule has 2 bridgehead atoms. The van der Waals surface area contributed by atoms with Gasteiger partial charge in [0, 0.05) is 11.9 Å². The minimum atomic E-state index is -1.20. The average Bonchev–Trinajstić information content (AvgIpc) is 3.21. The lowest BCUT2D eigenvalue weighted by Gasteiger charge is -2.27. The number of aliphatic carboxylic acids is 1. The maximum absolute atomic E-state index is 12.6. The first-order chi connectivity index (χ1) is 11.0. The van der Waals surface area contributed by atoms with Gasteiger partial charge >= 0.3 is 5.97 Å². The number of allylic oxidation sites excluding steroid dienone is 2. The molecule has 0 aliphatic heterocycles. The zero-order chi connectivity index (χ0) is 16.6. The van der Waals surface area contributed by atoms with E-state index in [-0.39, 0.29) is 29.9 Å². The molecule has 1 aromatic rings. The highest BCUT2D eigenvalue weighted by Crippen LogP contribution is 2.48. The molecule has 1 amide bonds. The van der Waals surface area contributed by atoms with E-state index in [0.717, 1.165) is 0 Å². The fourth-order valence-corrected chi connectivity index (χ4v) is 4.25. The summed E-state index contributed by atoms with van der Waals surface area (Å²) < 4.78 is 4.94. The van der Waals surface area contributed by atoms with Gasteiger partial charge in [-0.1, -0.05) is 12.2 Å². The van der Waals surface area contributed by atoms with Crippen LogP contribution in [0.2, 0.25) is 0 Å². The van der Waals surface area contributed by atoms with Crippen LogP contribution in [0.5, 0.6) is 0 Å². The molecule has 0 radical (unpaired) electrons. The van der Waals surface area contributed by atoms with Crippen LogP contribution in [0.3, 0.4) is 0 Å². The summed E-state index contributed by atoms with van der Waals surface area (Å²) in [5, 5.41) is 16.1. The monoisotopic (exact) mass is 334 g/mol. The Hall–Kier alpha value is -2.15. The molecule has 1 saturated carbocycles. The molecule has 0 spiro atoms. The Morgan fingerprint density at radius 2 is 2.00 bits per heavy atom. The first kappa shape index (κ1) is 15.7. The van der Waals surface area contributed by atoms with Crippen LogP contribution in [0.25, 0.3) is 0 Å². The van der Waals surface area contributed by atoms with Gasteiger partial charge in [0.05, 0.1) is 18.1 Å². The van der Waals surface area contributed by atoms with Gasteiger partial charge in [-0.3, -0.25) is 4.79 Å². The number of anilines is 1. The third kappa shape index (κ3) is 2.76. The highest BCUT2D eigenvalue weighted by atomic mass is 32.1. The smallest absolute Gasteiger partial charge is 0.341 e. The molecular formula is C16H16NO5S-. The number of nitrogens with one attached hydrogen (secondary N) is 1. The Morgan fingerprint density at radius 1 is 1.30 bits per heavy atom. The van der Waals surface area contributed by atoms with Gasteiger partial charge in [0.15, 0.2) is 0 Å². The molecule has 3 rings (SSSR count). The van der Waals surface area contributed by atoms with Gasteiger partial charge in [-0.2, -0.15) is 0 Å². The van der Waals surface area contributed by atoms with Crippen LogP contribution < -0.4 is 10.4 Å². The lowest BCUT2D eigenvalue weighted by atomic mass is 9.82. The van der Waals surface area contributed by atoms with Crippen molar-refractivity contribution in [3.05, 3.63) is 29.2 Å². The van der Waals surface area contributed by atoms with Crippen LogP contribution in [0.15, 0.2) is 23.6 Å². The number of rotatable bonds is 5. The molecule has 6 nitrogen and oxygen atoms in total. The molecule has 2 aliphatic carbocycles. The molecule has 1 N–H and O–H groups in total. The van der Waals surface area contributed by atoms with Gasteiger partial charge in [0.1, 0.15) is 5.00 Å². The predicted molar refractivity (Wildman–Crippen MR) is 81.6 cm³/mol. The predicted octanol–water partition coefficient (Wildman–Crippen LogP) is 1.05. The molecule has 1 aromatic heterocycles. The zero-order valence-electron chi connectivity index (χ0n) is 12.5. The number of carboxylic acids is 1. The highest BCUT2D eigenvalue weighted by molar-refractivity contribution is 7.14. The van der Waals surface area contributed by atoms with Crippen LogP contribution in [0, 0.1) is 23.7 Å². The quantitative estimate of drug-likeness (QED) is 0.641. The number of amides is 1. The topological polar surface area (TPSA) is 95.5 Å². The van der Waals surface area contributed by atoms with Gasteiger partial charge in [-0.15, -0.1) is 11.3 Å². The summed E-state index contributed by atoms with van der Waals surface area (Å²) in [6, 6.07) is 1.58. The van der Waals surface area contributed by atoms with Crippen molar-refractivity contribution in [1.29, 1.82) is 0 Å². The van der Waals surface area contributed by atoms with E-state index in [1.807, 2.05) is 12.2 Å². The molecule has 0 aromatic carbocycles. The number of thiophene rings is 1. The van der Waals surface area contributed by atoms with Crippen molar-refractivity contribution in [2.45, 2.75) is 13.3 Å². The van der Waals surface area contributed by atoms with Crippen molar-refractivity contribution in [2.24, 2.45) is 23.7 Å².